The number of amides is 2. The maximum absolute atomic E-state index is 13.3. The zero-order chi connectivity index (χ0) is 27.8. The van der Waals surface area contributed by atoms with Crippen LogP contribution in [-0.2, 0) is 14.3 Å². The molecule has 0 radical (unpaired) electrons. The number of hydrogen-bond donors (Lipinski definition) is 3. The minimum Gasteiger partial charge on any atom is -0.493 e. The fourth-order valence-electron chi connectivity index (χ4n) is 4.83. The van der Waals surface area contributed by atoms with Gasteiger partial charge in [-0.1, -0.05) is 13.0 Å². The van der Waals surface area contributed by atoms with Crippen molar-refractivity contribution >= 4 is 18.1 Å². The number of aliphatic hydroxyl groups is 2. The van der Waals surface area contributed by atoms with Gasteiger partial charge in [-0.25, -0.2) is 0 Å². The number of nitrogens with one attached hydrogen (secondary N) is 1. The molecule has 3 rings (SSSR count). The molecule has 1 aliphatic heterocycles. The molecule has 0 unspecified atom stereocenters. The number of carbonyl (C=O) groups excluding carboxylic acids is 3. The number of aliphatic hydroxyl groups excluding tert-OH is 2. The minimum atomic E-state index is -1.18. The molecule has 0 fully saturated rings. The van der Waals surface area contributed by atoms with Crippen LogP contribution in [0, 0.1) is 0 Å². The van der Waals surface area contributed by atoms with Gasteiger partial charge in [-0.15, -0.1) is 0 Å². The summed E-state index contributed by atoms with van der Waals surface area (Å²) in [6.07, 6.45) is 4.60. The molecule has 208 valence electrons. The Morgan fingerprint density at radius 1 is 1.29 bits per heavy atom. The molecule has 10 nitrogen and oxygen atoms in total. The van der Waals surface area contributed by atoms with Gasteiger partial charge in [0.2, 0.25) is 11.8 Å². The Morgan fingerprint density at radius 3 is 2.68 bits per heavy atom. The van der Waals surface area contributed by atoms with Crippen molar-refractivity contribution in [3.05, 3.63) is 47.1 Å². The quantitative estimate of drug-likeness (QED) is 0.199. The van der Waals surface area contributed by atoms with E-state index in [1.807, 2.05) is 20.8 Å². The zero-order valence-electron chi connectivity index (χ0n) is 22.4. The number of ether oxygens (including phenoxy) is 3. The summed E-state index contributed by atoms with van der Waals surface area (Å²) >= 11 is 0. The van der Waals surface area contributed by atoms with Crippen molar-refractivity contribution in [2.75, 3.05) is 33.4 Å². The van der Waals surface area contributed by atoms with Crippen LogP contribution >= 0.6 is 0 Å². The van der Waals surface area contributed by atoms with Crippen LogP contribution in [0.25, 0.3) is 0 Å². The van der Waals surface area contributed by atoms with Crippen LogP contribution in [0.5, 0.6) is 11.5 Å². The average Bonchev–Trinajstić information content (AvgIpc) is 3.30. The van der Waals surface area contributed by atoms with Gasteiger partial charge in [0.05, 0.1) is 31.8 Å². The Balaban J connectivity index is 2.06. The van der Waals surface area contributed by atoms with Gasteiger partial charge >= 0.3 is 0 Å². The molecule has 1 heterocycles. The second-order valence-corrected chi connectivity index (χ2v) is 9.52. The van der Waals surface area contributed by atoms with Crippen molar-refractivity contribution in [2.45, 2.75) is 63.9 Å². The lowest BCUT2D eigenvalue weighted by Crippen LogP contribution is -2.55. The van der Waals surface area contributed by atoms with Crippen LogP contribution in [0.2, 0.25) is 0 Å². The van der Waals surface area contributed by atoms with Gasteiger partial charge in [0.15, 0.2) is 11.5 Å². The molecule has 0 bridgehead atoms. The number of rotatable bonds is 13. The summed E-state index contributed by atoms with van der Waals surface area (Å²) in [6.45, 7) is 6.26. The standard InChI is InChI=1S/C28H38N2O8/c1-5-6-8-23(33)30(10-7-12-37-17(2)3)21-15-20(28(35)29-9-11-31)24-19-13-18(16-32)14-22(36-4)26(19)38-27(24)25(21)34/h6,8,13-17,21,24-25,27,31,34H,5,7,9-12H2,1-4H3,(H,29,35)/t21-,24+,25+,27+/m1/s1. The molecule has 2 amide bonds. The summed E-state index contributed by atoms with van der Waals surface area (Å²) in [6, 6.07) is 2.28. The first-order valence-corrected chi connectivity index (χ1v) is 13.0. The molecular formula is C28H38N2O8. The van der Waals surface area contributed by atoms with Crippen molar-refractivity contribution in [1.29, 1.82) is 0 Å². The predicted molar refractivity (Wildman–Crippen MR) is 140 cm³/mol. The molecule has 0 spiro atoms. The highest BCUT2D eigenvalue weighted by Gasteiger charge is 2.51. The van der Waals surface area contributed by atoms with Gasteiger partial charge < -0.3 is 34.6 Å². The van der Waals surface area contributed by atoms with E-state index >= 15 is 0 Å². The van der Waals surface area contributed by atoms with E-state index in [9.17, 15) is 24.6 Å². The molecule has 0 aromatic heterocycles. The molecule has 0 saturated carbocycles. The van der Waals surface area contributed by atoms with Gasteiger partial charge in [-0.05, 0) is 51.0 Å². The number of nitrogens with zero attached hydrogens (tertiary/aromatic N) is 1. The lowest BCUT2D eigenvalue weighted by atomic mass is 9.77. The summed E-state index contributed by atoms with van der Waals surface area (Å²) < 4.78 is 17.3. The summed E-state index contributed by atoms with van der Waals surface area (Å²) in [5.41, 5.74) is 1.15. The molecule has 3 N–H and O–H groups in total. The number of benzene rings is 1. The second kappa shape index (κ2) is 13.5. The van der Waals surface area contributed by atoms with Crippen LogP contribution < -0.4 is 14.8 Å². The monoisotopic (exact) mass is 530 g/mol. The Labute approximate surface area is 223 Å². The molecule has 1 aromatic rings. The van der Waals surface area contributed by atoms with Crippen molar-refractivity contribution < 1.29 is 38.8 Å². The molecule has 4 atom stereocenters. The summed E-state index contributed by atoms with van der Waals surface area (Å²) in [7, 11) is 1.44. The van der Waals surface area contributed by atoms with E-state index in [1.54, 1.807) is 18.2 Å². The number of methoxy groups -OCH3 is 1. The highest BCUT2D eigenvalue weighted by molar-refractivity contribution is 5.97. The maximum atomic E-state index is 13.3. The van der Waals surface area contributed by atoms with Gasteiger partial charge in [0.25, 0.3) is 0 Å². The SMILES string of the molecule is CCC=CC(=O)N(CCCOC(C)C)[C@@H]1C=C(C(=O)NCCO)[C@@H]2c3cc(C=O)cc(OC)c3O[C@@H]2[C@H]1O. The number of aldehydes is 1. The first-order valence-electron chi connectivity index (χ1n) is 13.0. The molecule has 0 saturated heterocycles. The number of hydrogen-bond acceptors (Lipinski definition) is 8. The largest absolute Gasteiger partial charge is 0.493 e. The van der Waals surface area contributed by atoms with Gasteiger partial charge in [-0.2, -0.15) is 0 Å². The van der Waals surface area contributed by atoms with Crippen molar-refractivity contribution in [1.82, 2.24) is 10.2 Å². The van der Waals surface area contributed by atoms with Crippen molar-refractivity contribution in [2.24, 2.45) is 0 Å². The molecular weight excluding hydrogens is 492 g/mol. The third kappa shape index (κ3) is 6.43. The summed E-state index contributed by atoms with van der Waals surface area (Å²) in [5.74, 6) is -0.833. The highest BCUT2D eigenvalue weighted by Crippen LogP contribution is 2.51. The Bertz CT molecular complexity index is 1070. The predicted octanol–water partition coefficient (Wildman–Crippen LogP) is 1.74. The fraction of sp³-hybridized carbons (Fsp3) is 0.536. The third-order valence-electron chi connectivity index (χ3n) is 6.54. The molecule has 1 aliphatic carbocycles. The van der Waals surface area contributed by atoms with Gasteiger partial charge in [0, 0.05) is 36.4 Å². The normalized spacial score (nSPS) is 21.9. The van der Waals surface area contributed by atoms with Crippen molar-refractivity contribution in [3.8, 4) is 11.5 Å². The Morgan fingerprint density at radius 2 is 2.05 bits per heavy atom. The molecule has 38 heavy (non-hydrogen) atoms. The lowest BCUT2D eigenvalue weighted by Gasteiger charge is -2.40. The molecule has 2 aliphatic rings. The minimum absolute atomic E-state index is 0.0284. The summed E-state index contributed by atoms with van der Waals surface area (Å²) in [5, 5.41) is 23.5. The van der Waals surface area contributed by atoms with Crippen molar-refractivity contribution in [3.63, 3.8) is 0 Å². The number of allylic oxidation sites excluding steroid dienone is 1. The van der Waals surface area contributed by atoms with E-state index in [0.29, 0.717) is 48.4 Å². The van der Waals surface area contributed by atoms with Crippen LogP contribution in [0.15, 0.2) is 35.9 Å². The zero-order valence-corrected chi connectivity index (χ0v) is 22.4. The number of fused-ring (bicyclic) bond motifs is 3. The first kappa shape index (κ1) is 29.3. The van der Waals surface area contributed by atoms with Crippen LogP contribution in [0.3, 0.4) is 0 Å². The van der Waals surface area contributed by atoms with E-state index < -0.39 is 30.1 Å². The smallest absolute Gasteiger partial charge is 0.247 e. The average molecular weight is 531 g/mol. The highest BCUT2D eigenvalue weighted by atomic mass is 16.5. The van der Waals surface area contributed by atoms with Gasteiger partial charge in [-0.3, -0.25) is 14.4 Å². The van der Waals surface area contributed by atoms with Crippen LogP contribution in [0.1, 0.15) is 55.5 Å². The van der Waals surface area contributed by atoms with Crippen LogP contribution in [-0.4, -0.2) is 91.0 Å². The Hall–Kier alpha value is -3.21. The second-order valence-electron chi connectivity index (χ2n) is 9.52. The molecule has 1 aromatic carbocycles. The lowest BCUT2D eigenvalue weighted by molar-refractivity contribution is -0.132. The topological polar surface area (TPSA) is 135 Å². The van der Waals surface area contributed by atoms with E-state index in [2.05, 4.69) is 5.32 Å². The third-order valence-corrected chi connectivity index (χ3v) is 6.54. The molecule has 10 heteroatoms. The summed E-state index contributed by atoms with van der Waals surface area (Å²) in [4.78, 5) is 39.7. The fourth-order valence-corrected chi connectivity index (χ4v) is 4.83. The first-order chi connectivity index (χ1) is 18.3. The van der Waals surface area contributed by atoms with E-state index in [4.69, 9.17) is 14.2 Å². The van der Waals surface area contributed by atoms with Crippen LogP contribution in [0.4, 0.5) is 0 Å². The Kier molecular flexibility index (Phi) is 10.5. The van der Waals surface area contributed by atoms with E-state index in [0.717, 1.165) is 0 Å². The number of carbonyl (C=O) groups is 3. The van der Waals surface area contributed by atoms with Gasteiger partial charge in [0.1, 0.15) is 18.5 Å². The maximum Gasteiger partial charge on any atom is 0.247 e. The van der Waals surface area contributed by atoms with E-state index in [1.165, 1.54) is 24.2 Å². The van der Waals surface area contributed by atoms with E-state index in [-0.39, 0.29) is 37.3 Å².